The Bertz CT molecular complexity index is 455. The Labute approximate surface area is 131 Å². The normalized spacial score (nSPS) is 14.3. The molecule has 0 saturated heterocycles. The molecule has 120 valence electrons. The second kappa shape index (κ2) is 6.43. The third-order valence-corrected chi connectivity index (χ3v) is 3.49. The van der Waals surface area contributed by atoms with Crippen molar-refractivity contribution in [3.63, 3.8) is 0 Å². The first-order chi connectivity index (χ1) is 9.39. The second-order valence-corrected chi connectivity index (χ2v) is 8.49. The number of rotatable bonds is 4. The topological polar surface area (TPSA) is 37.8 Å². The van der Waals surface area contributed by atoms with E-state index in [0.717, 1.165) is 30.2 Å². The quantitative estimate of drug-likeness (QED) is 0.904. The van der Waals surface area contributed by atoms with Crippen LogP contribution in [0.1, 0.15) is 77.2 Å². The predicted molar refractivity (Wildman–Crippen MR) is 90.8 cm³/mol. The van der Waals surface area contributed by atoms with Crippen LogP contribution < -0.4 is 5.32 Å². The lowest BCUT2D eigenvalue weighted by Crippen LogP contribution is -2.38. The van der Waals surface area contributed by atoms with Crippen LogP contribution in [0.25, 0.3) is 0 Å². The largest absolute Gasteiger partial charge is 0.311 e. The van der Waals surface area contributed by atoms with Gasteiger partial charge in [-0.15, -0.1) is 0 Å². The zero-order chi connectivity index (χ0) is 16.4. The summed E-state index contributed by atoms with van der Waals surface area (Å²) >= 11 is 0. The van der Waals surface area contributed by atoms with Gasteiger partial charge >= 0.3 is 0 Å². The molecule has 0 aliphatic heterocycles. The van der Waals surface area contributed by atoms with Gasteiger partial charge in [-0.3, -0.25) is 0 Å². The Hall–Kier alpha value is -0.960. The molecule has 1 N–H and O–H groups in total. The van der Waals surface area contributed by atoms with Crippen LogP contribution in [0.2, 0.25) is 0 Å². The van der Waals surface area contributed by atoms with E-state index in [-0.39, 0.29) is 11.0 Å². The molecule has 1 rings (SSSR count). The maximum Gasteiger partial charge on any atom is 0.129 e. The minimum absolute atomic E-state index is 0.142. The monoisotopic (exact) mass is 291 g/mol. The third-order valence-electron chi connectivity index (χ3n) is 3.49. The van der Waals surface area contributed by atoms with Crippen molar-refractivity contribution in [2.45, 2.75) is 80.2 Å². The van der Waals surface area contributed by atoms with Crippen LogP contribution in [0, 0.1) is 19.3 Å². The van der Waals surface area contributed by atoms with Gasteiger partial charge in [0.1, 0.15) is 5.82 Å². The molecular formula is C18H33N3. The Balaban J connectivity index is 2.94. The van der Waals surface area contributed by atoms with Gasteiger partial charge in [-0.25, -0.2) is 9.97 Å². The van der Waals surface area contributed by atoms with Crippen LogP contribution in [0.5, 0.6) is 0 Å². The van der Waals surface area contributed by atoms with Crippen LogP contribution in [0.3, 0.4) is 0 Å². The molecule has 1 unspecified atom stereocenters. The average Bonchev–Trinajstić information content (AvgIpc) is 2.21. The van der Waals surface area contributed by atoms with E-state index in [1.165, 1.54) is 5.56 Å². The molecule has 0 amide bonds. The smallest absolute Gasteiger partial charge is 0.129 e. The van der Waals surface area contributed by atoms with Crippen molar-refractivity contribution in [3.05, 3.63) is 22.8 Å². The summed E-state index contributed by atoms with van der Waals surface area (Å²) in [7, 11) is 0. The van der Waals surface area contributed by atoms with Crippen molar-refractivity contribution in [2.24, 2.45) is 5.41 Å². The lowest BCUT2D eigenvalue weighted by atomic mass is 9.91. The molecule has 1 heterocycles. The van der Waals surface area contributed by atoms with Gasteiger partial charge in [-0.1, -0.05) is 27.7 Å². The van der Waals surface area contributed by atoms with Gasteiger partial charge in [0.2, 0.25) is 0 Å². The number of aryl methyl sites for hydroxylation is 2. The van der Waals surface area contributed by atoms with Crippen LogP contribution in [0.15, 0.2) is 0 Å². The van der Waals surface area contributed by atoms with Crippen molar-refractivity contribution in [2.75, 3.05) is 6.54 Å². The molecule has 0 saturated carbocycles. The lowest BCUT2D eigenvalue weighted by molar-refractivity contribution is 0.397. The first-order valence-electron chi connectivity index (χ1n) is 7.98. The number of nitrogens with zero attached hydrogens (tertiary/aromatic N) is 2. The van der Waals surface area contributed by atoms with Crippen LogP contribution >= 0.6 is 0 Å². The van der Waals surface area contributed by atoms with E-state index in [2.05, 4.69) is 67.6 Å². The van der Waals surface area contributed by atoms with Crippen LogP contribution in [0.4, 0.5) is 0 Å². The molecule has 0 aliphatic rings. The number of nitrogens with one attached hydrogen (secondary N) is 1. The molecule has 1 aromatic heterocycles. The summed E-state index contributed by atoms with van der Waals surface area (Å²) in [5.74, 6) is 1.39. The Morgan fingerprint density at radius 1 is 0.952 bits per heavy atom. The zero-order valence-electron chi connectivity index (χ0n) is 15.4. The maximum atomic E-state index is 4.75. The second-order valence-electron chi connectivity index (χ2n) is 8.49. The predicted octanol–water partition coefficient (Wildman–Crippen LogP) is 4.17. The van der Waals surface area contributed by atoms with Gasteiger partial charge < -0.3 is 5.32 Å². The molecule has 0 aliphatic carbocycles. The van der Waals surface area contributed by atoms with Crippen LogP contribution in [-0.4, -0.2) is 22.1 Å². The van der Waals surface area contributed by atoms with E-state index >= 15 is 0 Å². The van der Waals surface area contributed by atoms with E-state index in [0.29, 0.717) is 5.92 Å². The standard InChI is InChI=1S/C18H33N3/c1-12(11-19-18(7,8)9)16-13(2)20-15(21-14(16)3)10-17(4,5)6/h12,19H,10-11H2,1-9H3. The summed E-state index contributed by atoms with van der Waals surface area (Å²) < 4.78 is 0. The minimum Gasteiger partial charge on any atom is -0.311 e. The molecular weight excluding hydrogens is 258 g/mol. The van der Waals surface area contributed by atoms with Crippen molar-refractivity contribution in [1.29, 1.82) is 0 Å². The lowest BCUT2D eigenvalue weighted by Gasteiger charge is -2.25. The fourth-order valence-electron chi connectivity index (χ4n) is 2.62. The molecule has 0 bridgehead atoms. The van der Waals surface area contributed by atoms with E-state index in [1.54, 1.807) is 0 Å². The van der Waals surface area contributed by atoms with E-state index < -0.39 is 0 Å². The number of aromatic nitrogens is 2. The Morgan fingerprint density at radius 2 is 1.43 bits per heavy atom. The molecule has 0 fully saturated rings. The van der Waals surface area contributed by atoms with E-state index in [4.69, 9.17) is 9.97 Å². The summed E-state index contributed by atoms with van der Waals surface area (Å²) in [5.41, 5.74) is 3.92. The molecule has 3 heteroatoms. The molecule has 1 aromatic rings. The maximum absolute atomic E-state index is 4.75. The third kappa shape index (κ3) is 6.13. The molecule has 0 radical (unpaired) electrons. The van der Waals surface area contributed by atoms with Crippen molar-refractivity contribution >= 4 is 0 Å². The van der Waals surface area contributed by atoms with Crippen LogP contribution in [-0.2, 0) is 6.42 Å². The fraction of sp³-hybridized carbons (Fsp3) is 0.778. The van der Waals surface area contributed by atoms with Gasteiger partial charge in [0.15, 0.2) is 0 Å². The first-order valence-corrected chi connectivity index (χ1v) is 7.98. The van der Waals surface area contributed by atoms with E-state index in [1.807, 2.05) is 0 Å². The SMILES string of the molecule is Cc1nc(CC(C)(C)C)nc(C)c1C(C)CNC(C)(C)C. The highest BCUT2D eigenvalue weighted by Crippen LogP contribution is 2.24. The summed E-state index contributed by atoms with van der Waals surface area (Å²) in [5, 5.41) is 3.57. The van der Waals surface area contributed by atoms with Gasteiger partial charge in [-0.05, 0) is 51.5 Å². The number of hydrogen-bond acceptors (Lipinski definition) is 3. The summed E-state index contributed by atoms with van der Waals surface area (Å²) in [6.45, 7) is 20.7. The summed E-state index contributed by atoms with van der Waals surface area (Å²) in [4.78, 5) is 9.49. The number of hydrogen-bond donors (Lipinski definition) is 1. The molecule has 3 nitrogen and oxygen atoms in total. The summed E-state index contributed by atoms with van der Waals surface area (Å²) in [6.07, 6.45) is 0.920. The van der Waals surface area contributed by atoms with Crippen molar-refractivity contribution in [3.8, 4) is 0 Å². The van der Waals surface area contributed by atoms with Gasteiger partial charge in [0.25, 0.3) is 0 Å². The highest BCUT2D eigenvalue weighted by atomic mass is 15.0. The van der Waals surface area contributed by atoms with Crippen molar-refractivity contribution < 1.29 is 0 Å². The highest BCUT2D eigenvalue weighted by Gasteiger charge is 2.19. The van der Waals surface area contributed by atoms with Gasteiger partial charge in [-0.2, -0.15) is 0 Å². The van der Waals surface area contributed by atoms with Gasteiger partial charge in [0.05, 0.1) is 0 Å². The Kier molecular flexibility index (Phi) is 5.54. The summed E-state index contributed by atoms with van der Waals surface area (Å²) in [6, 6.07) is 0. The van der Waals surface area contributed by atoms with E-state index in [9.17, 15) is 0 Å². The molecule has 0 aromatic carbocycles. The molecule has 21 heavy (non-hydrogen) atoms. The molecule has 0 spiro atoms. The fourth-order valence-corrected chi connectivity index (χ4v) is 2.62. The van der Waals surface area contributed by atoms with Gasteiger partial charge in [0, 0.05) is 29.9 Å². The van der Waals surface area contributed by atoms with Crippen molar-refractivity contribution in [1.82, 2.24) is 15.3 Å². The Morgan fingerprint density at radius 3 is 1.81 bits per heavy atom. The molecule has 1 atom stereocenters. The first kappa shape index (κ1) is 18.1. The highest BCUT2D eigenvalue weighted by molar-refractivity contribution is 5.28. The zero-order valence-corrected chi connectivity index (χ0v) is 15.4. The minimum atomic E-state index is 0.142. The average molecular weight is 291 g/mol.